The van der Waals surface area contributed by atoms with Crippen molar-refractivity contribution in [3.63, 3.8) is 0 Å². The van der Waals surface area contributed by atoms with Crippen LogP contribution in [0.5, 0.6) is 0 Å². The van der Waals surface area contributed by atoms with Gasteiger partial charge in [-0.05, 0) is 31.7 Å². The smallest absolute Gasteiger partial charge is 0.0949 e. The largest absolute Gasteiger partial charge is 0.373 e. The molecule has 3 rings (SSSR count). The van der Waals surface area contributed by atoms with E-state index in [9.17, 15) is 0 Å². The summed E-state index contributed by atoms with van der Waals surface area (Å²) in [6.45, 7) is 8.43. The molecule has 0 amide bonds. The Morgan fingerprint density at radius 3 is 3.14 bits per heavy atom. The molecule has 2 aliphatic rings. The summed E-state index contributed by atoms with van der Waals surface area (Å²) in [5, 5.41) is 0. The highest BCUT2D eigenvalue weighted by Gasteiger charge is 2.32. The van der Waals surface area contributed by atoms with E-state index in [2.05, 4.69) is 28.3 Å². The molecule has 0 spiro atoms. The van der Waals surface area contributed by atoms with E-state index in [0.29, 0.717) is 12.0 Å². The van der Waals surface area contributed by atoms with Crippen molar-refractivity contribution in [2.75, 3.05) is 19.7 Å². The van der Waals surface area contributed by atoms with Gasteiger partial charge in [-0.15, -0.1) is 0 Å². The van der Waals surface area contributed by atoms with Gasteiger partial charge in [0.1, 0.15) is 0 Å². The molecule has 0 saturated carbocycles. The molecule has 2 aliphatic heterocycles. The second-order valence-electron chi connectivity index (χ2n) is 6.95. The highest BCUT2D eigenvalue weighted by atomic mass is 16.5. The van der Waals surface area contributed by atoms with Crippen molar-refractivity contribution >= 4 is 0 Å². The second-order valence-corrected chi connectivity index (χ2v) is 6.95. The number of nitrogens with two attached hydrogens (primary N) is 1. The van der Waals surface area contributed by atoms with E-state index in [4.69, 9.17) is 10.5 Å². The predicted molar refractivity (Wildman–Crippen MR) is 82.9 cm³/mol. The van der Waals surface area contributed by atoms with E-state index < -0.39 is 0 Å². The Bertz CT molecular complexity index is 459. The maximum absolute atomic E-state index is 6.32. The Kier molecular flexibility index (Phi) is 4.62. The Hall–Kier alpha value is -0.910. The van der Waals surface area contributed by atoms with Crippen LogP contribution >= 0.6 is 0 Å². The minimum atomic E-state index is 0.0654. The van der Waals surface area contributed by atoms with Gasteiger partial charge in [0.25, 0.3) is 0 Å². The van der Waals surface area contributed by atoms with Crippen LogP contribution < -0.4 is 5.73 Å². The van der Waals surface area contributed by atoms with Crippen molar-refractivity contribution in [2.24, 2.45) is 11.7 Å². The zero-order valence-electron chi connectivity index (χ0n) is 13.2. The third-order valence-corrected chi connectivity index (χ3v) is 4.71. The molecule has 0 aromatic carbocycles. The standard InChI is InChI=1S/C16H28N4O/c1-12(2)6-15(17)16-7-18-11-20(16)9-14-8-19-5-3-4-13(19)10-21-14/h7,11-15H,3-6,8-10,17H2,1-2H3. The van der Waals surface area contributed by atoms with Crippen molar-refractivity contribution in [2.45, 2.75) is 57.8 Å². The van der Waals surface area contributed by atoms with Gasteiger partial charge in [-0.1, -0.05) is 13.8 Å². The molecule has 0 aliphatic carbocycles. The predicted octanol–water partition coefficient (Wildman–Crippen LogP) is 1.79. The van der Waals surface area contributed by atoms with Gasteiger partial charge in [0, 0.05) is 24.8 Å². The summed E-state index contributed by atoms with van der Waals surface area (Å²) in [4.78, 5) is 6.88. The first-order valence-corrected chi connectivity index (χ1v) is 8.24. The number of imidazole rings is 1. The summed E-state index contributed by atoms with van der Waals surface area (Å²) >= 11 is 0. The Morgan fingerprint density at radius 2 is 2.33 bits per heavy atom. The summed E-state index contributed by atoms with van der Waals surface area (Å²) in [7, 11) is 0. The van der Waals surface area contributed by atoms with Crippen molar-refractivity contribution < 1.29 is 4.74 Å². The van der Waals surface area contributed by atoms with Gasteiger partial charge in [0.2, 0.25) is 0 Å². The van der Waals surface area contributed by atoms with Crippen LogP contribution in [-0.4, -0.2) is 46.3 Å². The SMILES string of the molecule is CC(C)CC(N)c1cncn1CC1CN2CCCC2CO1. The molecule has 2 saturated heterocycles. The van der Waals surface area contributed by atoms with E-state index in [1.807, 2.05) is 12.5 Å². The van der Waals surface area contributed by atoms with Gasteiger partial charge in [0.05, 0.1) is 31.3 Å². The molecule has 3 atom stereocenters. The van der Waals surface area contributed by atoms with Crippen molar-refractivity contribution in [1.82, 2.24) is 14.5 Å². The number of nitrogens with zero attached hydrogens (tertiary/aromatic N) is 3. The van der Waals surface area contributed by atoms with Crippen LogP contribution in [0, 0.1) is 5.92 Å². The van der Waals surface area contributed by atoms with Crippen LogP contribution in [-0.2, 0) is 11.3 Å². The zero-order valence-corrected chi connectivity index (χ0v) is 13.2. The van der Waals surface area contributed by atoms with Gasteiger partial charge in [-0.25, -0.2) is 4.98 Å². The maximum Gasteiger partial charge on any atom is 0.0949 e. The van der Waals surface area contributed by atoms with Gasteiger partial charge in [-0.3, -0.25) is 4.90 Å². The molecule has 5 heteroatoms. The molecule has 3 heterocycles. The van der Waals surface area contributed by atoms with Crippen molar-refractivity contribution in [3.05, 3.63) is 18.2 Å². The lowest BCUT2D eigenvalue weighted by atomic mass is 10.0. The molecule has 0 bridgehead atoms. The Morgan fingerprint density at radius 1 is 1.48 bits per heavy atom. The number of fused-ring (bicyclic) bond motifs is 1. The molecule has 118 valence electrons. The highest BCUT2D eigenvalue weighted by Crippen LogP contribution is 2.24. The lowest BCUT2D eigenvalue weighted by Crippen LogP contribution is -2.47. The summed E-state index contributed by atoms with van der Waals surface area (Å²) in [5.41, 5.74) is 7.45. The number of hydrogen-bond donors (Lipinski definition) is 1. The topological polar surface area (TPSA) is 56.3 Å². The van der Waals surface area contributed by atoms with Gasteiger partial charge >= 0.3 is 0 Å². The third-order valence-electron chi connectivity index (χ3n) is 4.71. The molecule has 2 fully saturated rings. The monoisotopic (exact) mass is 292 g/mol. The van der Waals surface area contributed by atoms with E-state index in [1.54, 1.807) is 0 Å². The summed E-state index contributed by atoms with van der Waals surface area (Å²) in [5.74, 6) is 0.597. The third kappa shape index (κ3) is 3.47. The molecule has 21 heavy (non-hydrogen) atoms. The van der Waals surface area contributed by atoms with Crippen LogP contribution in [0.3, 0.4) is 0 Å². The summed E-state index contributed by atoms with van der Waals surface area (Å²) < 4.78 is 8.24. The Balaban J connectivity index is 1.61. The van der Waals surface area contributed by atoms with E-state index in [0.717, 1.165) is 31.8 Å². The highest BCUT2D eigenvalue weighted by molar-refractivity contribution is 5.05. The maximum atomic E-state index is 6.32. The lowest BCUT2D eigenvalue weighted by Gasteiger charge is -2.35. The van der Waals surface area contributed by atoms with E-state index >= 15 is 0 Å². The fraction of sp³-hybridized carbons (Fsp3) is 0.812. The Labute approximate surface area is 127 Å². The minimum Gasteiger partial charge on any atom is -0.373 e. The van der Waals surface area contributed by atoms with Crippen LogP contribution in [0.2, 0.25) is 0 Å². The van der Waals surface area contributed by atoms with E-state index in [-0.39, 0.29) is 12.1 Å². The lowest BCUT2D eigenvalue weighted by molar-refractivity contribution is -0.0555. The average Bonchev–Trinajstić information content (AvgIpc) is 3.05. The number of hydrogen-bond acceptors (Lipinski definition) is 4. The molecule has 1 aromatic rings. The first kappa shape index (κ1) is 15.0. The molecule has 0 radical (unpaired) electrons. The fourth-order valence-electron chi connectivity index (χ4n) is 3.64. The zero-order chi connectivity index (χ0) is 14.8. The first-order chi connectivity index (χ1) is 10.1. The second kappa shape index (κ2) is 6.46. The molecule has 5 nitrogen and oxygen atoms in total. The molecule has 1 aromatic heterocycles. The van der Waals surface area contributed by atoms with Crippen LogP contribution in [0.15, 0.2) is 12.5 Å². The average molecular weight is 292 g/mol. The van der Waals surface area contributed by atoms with Crippen LogP contribution in [0.25, 0.3) is 0 Å². The molecular weight excluding hydrogens is 264 g/mol. The van der Waals surface area contributed by atoms with Gasteiger partial charge in [-0.2, -0.15) is 0 Å². The van der Waals surface area contributed by atoms with Gasteiger partial charge < -0.3 is 15.0 Å². The number of aromatic nitrogens is 2. The quantitative estimate of drug-likeness (QED) is 0.899. The molecular formula is C16H28N4O. The van der Waals surface area contributed by atoms with Crippen LogP contribution in [0.1, 0.15) is 44.8 Å². The van der Waals surface area contributed by atoms with Gasteiger partial charge in [0.15, 0.2) is 0 Å². The minimum absolute atomic E-state index is 0.0654. The summed E-state index contributed by atoms with van der Waals surface area (Å²) in [6.07, 6.45) is 7.67. The first-order valence-electron chi connectivity index (χ1n) is 8.24. The normalized spacial score (nSPS) is 28.0. The van der Waals surface area contributed by atoms with Crippen molar-refractivity contribution in [3.8, 4) is 0 Å². The summed E-state index contributed by atoms with van der Waals surface area (Å²) in [6, 6.07) is 0.724. The van der Waals surface area contributed by atoms with Crippen LogP contribution in [0.4, 0.5) is 0 Å². The number of ether oxygens (including phenoxy) is 1. The molecule has 2 N–H and O–H groups in total. The molecule has 3 unspecified atom stereocenters. The number of morpholine rings is 1. The van der Waals surface area contributed by atoms with E-state index in [1.165, 1.54) is 19.4 Å². The van der Waals surface area contributed by atoms with Crippen molar-refractivity contribution in [1.29, 1.82) is 0 Å². The number of rotatable bonds is 5. The fourth-order valence-corrected chi connectivity index (χ4v) is 3.64.